The van der Waals surface area contributed by atoms with Crippen LogP contribution < -0.4 is 0 Å². The fourth-order valence-corrected chi connectivity index (χ4v) is 1.05. The van der Waals surface area contributed by atoms with Gasteiger partial charge in [0.05, 0.1) is 6.54 Å². The fourth-order valence-electron chi connectivity index (χ4n) is 1.05. The molecule has 11 heavy (non-hydrogen) atoms. The average Bonchev–Trinajstić information content (AvgIpc) is 2.55. The first-order chi connectivity index (χ1) is 5.47. The average molecular weight is 147 g/mol. The summed E-state index contributed by atoms with van der Waals surface area (Å²) in [5.41, 5.74) is 2.62. The monoisotopic (exact) mass is 147 g/mol. The van der Waals surface area contributed by atoms with Crippen LogP contribution in [0, 0.1) is 0 Å². The molecule has 0 amide bonds. The predicted octanol–water partition coefficient (Wildman–Crippen LogP) is 2.65. The molecule has 0 N–H and O–H groups in total. The second-order valence-corrected chi connectivity index (χ2v) is 2.17. The number of rotatable bonds is 0. The van der Waals surface area contributed by atoms with Gasteiger partial charge in [-0.25, -0.2) is 0 Å². The summed E-state index contributed by atoms with van der Waals surface area (Å²) in [7, 11) is 0. The Hall–Kier alpha value is -1.11. The van der Waals surface area contributed by atoms with E-state index in [-0.39, 0.29) is 0 Å². The molecule has 0 radical (unpaired) electrons. The van der Waals surface area contributed by atoms with Gasteiger partial charge in [-0.2, -0.15) is 0 Å². The Morgan fingerprint density at radius 3 is 2.64 bits per heavy atom. The Balaban J connectivity index is 0.000000281. The van der Waals surface area contributed by atoms with Crippen molar-refractivity contribution in [3.05, 3.63) is 35.4 Å². The molecule has 58 valence electrons. The van der Waals surface area contributed by atoms with Crippen molar-refractivity contribution in [3.8, 4) is 0 Å². The molecular formula is C10H13N. The van der Waals surface area contributed by atoms with Crippen LogP contribution in [0.15, 0.2) is 29.3 Å². The second-order valence-electron chi connectivity index (χ2n) is 2.17. The van der Waals surface area contributed by atoms with E-state index in [1.54, 1.807) is 0 Å². The van der Waals surface area contributed by atoms with Crippen LogP contribution in [-0.2, 0) is 6.54 Å². The maximum atomic E-state index is 4.13. The first-order valence-electron chi connectivity index (χ1n) is 4.04. The lowest BCUT2D eigenvalue weighted by Gasteiger charge is -1.91. The van der Waals surface area contributed by atoms with Crippen molar-refractivity contribution >= 4 is 6.21 Å². The van der Waals surface area contributed by atoms with Crippen LogP contribution in [0.3, 0.4) is 0 Å². The summed E-state index contributed by atoms with van der Waals surface area (Å²) in [6, 6.07) is 8.29. The Kier molecular flexibility index (Phi) is 2.84. The van der Waals surface area contributed by atoms with Gasteiger partial charge in [-0.15, -0.1) is 0 Å². The molecule has 1 heteroatoms. The largest absolute Gasteiger partial charge is 0.288 e. The molecule has 0 spiro atoms. The molecule has 0 aromatic heterocycles. The van der Waals surface area contributed by atoms with Crippen molar-refractivity contribution < 1.29 is 0 Å². The van der Waals surface area contributed by atoms with Crippen molar-refractivity contribution in [1.29, 1.82) is 0 Å². The summed E-state index contributed by atoms with van der Waals surface area (Å²) in [5.74, 6) is 0. The zero-order valence-corrected chi connectivity index (χ0v) is 7.04. The van der Waals surface area contributed by atoms with Crippen LogP contribution in [0.1, 0.15) is 25.0 Å². The van der Waals surface area contributed by atoms with Crippen LogP contribution in [0.5, 0.6) is 0 Å². The Labute approximate surface area is 67.8 Å². The predicted molar refractivity (Wildman–Crippen MR) is 49.1 cm³/mol. The number of aliphatic imine (C=N–C) groups is 1. The van der Waals surface area contributed by atoms with E-state index in [1.807, 2.05) is 32.2 Å². The van der Waals surface area contributed by atoms with Gasteiger partial charge in [-0.05, 0) is 11.1 Å². The summed E-state index contributed by atoms with van der Waals surface area (Å²) in [4.78, 5) is 4.13. The number of hydrogen-bond acceptors (Lipinski definition) is 1. The number of nitrogens with zero attached hydrogens (tertiary/aromatic N) is 1. The van der Waals surface area contributed by atoms with Gasteiger partial charge in [-0.1, -0.05) is 38.1 Å². The lowest BCUT2D eigenvalue weighted by atomic mass is 10.1. The SMILES string of the molecule is C1=NCc2ccccc21.CC. The summed E-state index contributed by atoms with van der Waals surface area (Å²) in [5, 5.41) is 0. The standard InChI is InChI=1S/C8H7N.C2H6/c1-2-4-8-6-9-5-7(8)3-1;1-2/h1-5H,6H2;1-2H3. The van der Waals surface area contributed by atoms with E-state index in [0.717, 1.165) is 6.54 Å². The highest BCUT2D eigenvalue weighted by Crippen LogP contribution is 2.12. The topological polar surface area (TPSA) is 12.4 Å². The van der Waals surface area contributed by atoms with E-state index in [0.29, 0.717) is 0 Å². The highest BCUT2D eigenvalue weighted by molar-refractivity contribution is 5.84. The van der Waals surface area contributed by atoms with E-state index in [9.17, 15) is 0 Å². The van der Waals surface area contributed by atoms with Crippen LogP contribution in [0.4, 0.5) is 0 Å². The zero-order valence-electron chi connectivity index (χ0n) is 7.04. The van der Waals surface area contributed by atoms with E-state index in [4.69, 9.17) is 0 Å². The van der Waals surface area contributed by atoms with E-state index >= 15 is 0 Å². The third-order valence-corrected chi connectivity index (χ3v) is 1.55. The minimum Gasteiger partial charge on any atom is -0.288 e. The molecule has 0 unspecified atom stereocenters. The molecule has 1 aliphatic heterocycles. The maximum Gasteiger partial charge on any atom is 0.0646 e. The molecule has 1 aliphatic rings. The smallest absolute Gasteiger partial charge is 0.0646 e. The minimum absolute atomic E-state index is 0.871. The zero-order chi connectivity index (χ0) is 8.10. The Morgan fingerprint density at radius 1 is 1.18 bits per heavy atom. The molecule has 0 saturated carbocycles. The van der Waals surface area contributed by atoms with Gasteiger partial charge in [0.15, 0.2) is 0 Å². The van der Waals surface area contributed by atoms with Gasteiger partial charge in [0, 0.05) is 6.21 Å². The van der Waals surface area contributed by atoms with Crippen molar-refractivity contribution in [2.24, 2.45) is 4.99 Å². The van der Waals surface area contributed by atoms with E-state index in [1.165, 1.54) is 11.1 Å². The Bertz CT molecular complexity index is 251. The molecule has 1 heterocycles. The molecule has 0 aliphatic carbocycles. The van der Waals surface area contributed by atoms with Crippen molar-refractivity contribution in [2.75, 3.05) is 0 Å². The minimum atomic E-state index is 0.871. The molecule has 0 bridgehead atoms. The molecule has 0 saturated heterocycles. The van der Waals surface area contributed by atoms with Gasteiger partial charge in [0.25, 0.3) is 0 Å². The van der Waals surface area contributed by atoms with E-state index < -0.39 is 0 Å². The number of fused-ring (bicyclic) bond motifs is 1. The highest BCUT2D eigenvalue weighted by Gasteiger charge is 2.01. The fraction of sp³-hybridized carbons (Fsp3) is 0.300. The van der Waals surface area contributed by atoms with Crippen LogP contribution >= 0.6 is 0 Å². The maximum absolute atomic E-state index is 4.13. The normalized spacial score (nSPS) is 11.8. The van der Waals surface area contributed by atoms with Gasteiger partial charge in [0.1, 0.15) is 0 Å². The first-order valence-corrected chi connectivity index (χ1v) is 4.04. The third kappa shape index (κ3) is 1.67. The van der Waals surface area contributed by atoms with Crippen LogP contribution in [0.2, 0.25) is 0 Å². The van der Waals surface area contributed by atoms with Crippen LogP contribution in [0.25, 0.3) is 0 Å². The van der Waals surface area contributed by atoms with Gasteiger partial charge in [0.2, 0.25) is 0 Å². The lowest BCUT2D eigenvalue weighted by molar-refractivity contribution is 1.11. The Morgan fingerprint density at radius 2 is 1.91 bits per heavy atom. The van der Waals surface area contributed by atoms with Crippen molar-refractivity contribution in [1.82, 2.24) is 0 Å². The number of benzene rings is 1. The number of hydrogen-bond donors (Lipinski definition) is 0. The van der Waals surface area contributed by atoms with E-state index in [2.05, 4.69) is 17.1 Å². The summed E-state index contributed by atoms with van der Waals surface area (Å²) in [6.07, 6.45) is 1.93. The first kappa shape index (κ1) is 7.99. The summed E-state index contributed by atoms with van der Waals surface area (Å²) >= 11 is 0. The molecule has 1 nitrogen and oxygen atoms in total. The second kappa shape index (κ2) is 3.91. The quantitative estimate of drug-likeness (QED) is 0.535. The van der Waals surface area contributed by atoms with Gasteiger partial charge >= 0.3 is 0 Å². The molecular weight excluding hydrogens is 134 g/mol. The van der Waals surface area contributed by atoms with Crippen molar-refractivity contribution in [3.63, 3.8) is 0 Å². The highest BCUT2D eigenvalue weighted by atomic mass is 14.7. The third-order valence-electron chi connectivity index (χ3n) is 1.55. The summed E-state index contributed by atoms with van der Waals surface area (Å²) < 4.78 is 0. The molecule has 0 fully saturated rings. The molecule has 1 aromatic rings. The van der Waals surface area contributed by atoms with Crippen molar-refractivity contribution in [2.45, 2.75) is 20.4 Å². The van der Waals surface area contributed by atoms with Crippen LogP contribution in [-0.4, -0.2) is 6.21 Å². The lowest BCUT2D eigenvalue weighted by Crippen LogP contribution is -1.79. The molecule has 2 rings (SSSR count). The van der Waals surface area contributed by atoms with Gasteiger partial charge in [-0.3, -0.25) is 4.99 Å². The van der Waals surface area contributed by atoms with Gasteiger partial charge < -0.3 is 0 Å². The molecule has 1 aromatic carbocycles. The summed E-state index contributed by atoms with van der Waals surface area (Å²) in [6.45, 7) is 4.87. The molecule has 0 atom stereocenters.